The standard InChI is InChI=1S/C16H19Br2NOS/c1-11(2)7-19-8-13-5-14(17)16(15(18)6-13)20-9-12-3-4-21-10-12/h3-6,10-11,19H,7-9H2,1-2H3. The molecule has 0 fully saturated rings. The molecule has 1 heterocycles. The van der Waals surface area contributed by atoms with Crippen molar-refractivity contribution in [1.82, 2.24) is 5.32 Å². The van der Waals surface area contributed by atoms with Crippen molar-refractivity contribution in [3.05, 3.63) is 49.0 Å². The molecule has 0 radical (unpaired) electrons. The summed E-state index contributed by atoms with van der Waals surface area (Å²) in [6.07, 6.45) is 0. The highest BCUT2D eigenvalue weighted by atomic mass is 79.9. The van der Waals surface area contributed by atoms with Crippen molar-refractivity contribution in [2.75, 3.05) is 6.54 Å². The molecule has 0 aliphatic heterocycles. The summed E-state index contributed by atoms with van der Waals surface area (Å²) in [7, 11) is 0. The van der Waals surface area contributed by atoms with Crippen LogP contribution in [0.15, 0.2) is 37.9 Å². The van der Waals surface area contributed by atoms with Gasteiger partial charge in [-0.25, -0.2) is 0 Å². The van der Waals surface area contributed by atoms with Crippen molar-refractivity contribution in [1.29, 1.82) is 0 Å². The largest absolute Gasteiger partial charge is 0.487 e. The van der Waals surface area contributed by atoms with Crippen LogP contribution >= 0.6 is 43.2 Å². The molecule has 2 nitrogen and oxygen atoms in total. The van der Waals surface area contributed by atoms with E-state index in [2.05, 4.69) is 80.0 Å². The Bertz CT molecular complexity index is 547. The van der Waals surface area contributed by atoms with Gasteiger partial charge < -0.3 is 10.1 Å². The first kappa shape index (κ1) is 17.0. The van der Waals surface area contributed by atoms with Crippen LogP contribution < -0.4 is 10.1 Å². The van der Waals surface area contributed by atoms with Crippen LogP contribution in [0.3, 0.4) is 0 Å². The van der Waals surface area contributed by atoms with Crippen LogP contribution in [0.2, 0.25) is 0 Å². The number of hydrogen-bond acceptors (Lipinski definition) is 3. The van der Waals surface area contributed by atoms with Crippen LogP contribution in [0, 0.1) is 5.92 Å². The van der Waals surface area contributed by atoms with Crippen LogP contribution in [-0.4, -0.2) is 6.54 Å². The Morgan fingerprint density at radius 1 is 1.19 bits per heavy atom. The van der Waals surface area contributed by atoms with Gasteiger partial charge in [0, 0.05) is 6.54 Å². The summed E-state index contributed by atoms with van der Waals surface area (Å²) < 4.78 is 7.86. The van der Waals surface area contributed by atoms with Gasteiger partial charge in [0.15, 0.2) is 0 Å². The highest BCUT2D eigenvalue weighted by Crippen LogP contribution is 2.35. The third-order valence-corrected chi connectivity index (χ3v) is 4.81. The molecule has 5 heteroatoms. The van der Waals surface area contributed by atoms with E-state index in [1.54, 1.807) is 11.3 Å². The van der Waals surface area contributed by atoms with Gasteiger partial charge in [0.05, 0.1) is 8.95 Å². The quantitative estimate of drug-likeness (QED) is 0.614. The molecule has 2 aromatic rings. The van der Waals surface area contributed by atoms with E-state index in [0.29, 0.717) is 12.5 Å². The van der Waals surface area contributed by atoms with Gasteiger partial charge in [-0.15, -0.1) is 0 Å². The molecule has 114 valence electrons. The van der Waals surface area contributed by atoms with Crippen LogP contribution in [0.25, 0.3) is 0 Å². The number of thiophene rings is 1. The van der Waals surface area contributed by atoms with Crippen molar-refractivity contribution in [3.8, 4) is 5.75 Å². The molecule has 1 aromatic carbocycles. The van der Waals surface area contributed by atoms with E-state index in [4.69, 9.17) is 4.74 Å². The molecule has 0 bridgehead atoms. The summed E-state index contributed by atoms with van der Waals surface area (Å²) in [6.45, 7) is 6.89. The van der Waals surface area contributed by atoms with Gasteiger partial charge >= 0.3 is 0 Å². The Morgan fingerprint density at radius 2 is 1.90 bits per heavy atom. The first-order chi connectivity index (χ1) is 10.1. The number of rotatable bonds is 7. The van der Waals surface area contributed by atoms with Crippen molar-refractivity contribution in [3.63, 3.8) is 0 Å². The molecule has 0 saturated carbocycles. The molecule has 0 aliphatic carbocycles. The summed E-state index contributed by atoms with van der Waals surface area (Å²) in [6, 6.07) is 6.30. The number of benzene rings is 1. The SMILES string of the molecule is CC(C)CNCc1cc(Br)c(OCc2ccsc2)c(Br)c1. The number of ether oxygens (including phenoxy) is 1. The molecule has 0 aliphatic rings. The fraction of sp³-hybridized carbons (Fsp3) is 0.375. The summed E-state index contributed by atoms with van der Waals surface area (Å²) in [5.41, 5.74) is 2.43. The molecule has 2 rings (SSSR count). The lowest BCUT2D eigenvalue weighted by Crippen LogP contribution is -2.19. The Balaban J connectivity index is 1.99. The van der Waals surface area contributed by atoms with Gasteiger partial charge in [-0.2, -0.15) is 11.3 Å². The Labute approximate surface area is 147 Å². The maximum Gasteiger partial charge on any atom is 0.148 e. The lowest BCUT2D eigenvalue weighted by molar-refractivity contribution is 0.302. The maximum atomic E-state index is 5.90. The first-order valence-corrected chi connectivity index (χ1v) is 9.41. The minimum Gasteiger partial charge on any atom is -0.487 e. The molecular formula is C16H19Br2NOS. The molecule has 0 atom stereocenters. The van der Waals surface area contributed by atoms with E-state index in [-0.39, 0.29) is 0 Å². The smallest absolute Gasteiger partial charge is 0.148 e. The topological polar surface area (TPSA) is 21.3 Å². The number of nitrogens with one attached hydrogen (secondary N) is 1. The Kier molecular flexibility index (Phi) is 6.74. The summed E-state index contributed by atoms with van der Waals surface area (Å²) >= 11 is 8.89. The minimum absolute atomic E-state index is 0.589. The van der Waals surface area contributed by atoms with Gasteiger partial charge in [0.25, 0.3) is 0 Å². The van der Waals surface area contributed by atoms with E-state index >= 15 is 0 Å². The molecule has 1 N–H and O–H groups in total. The summed E-state index contributed by atoms with van der Waals surface area (Å²) in [5.74, 6) is 1.51. The maximum absolute atomic E-state index is 5.90. The Morgan fingerprint density at radius 3 is 2.48 bits per heavy atom. The van der Waals surface area contributed by atoms with E-state index in [0.717, 1.165) is 27.8 Å². The first-order valence-electron chi connectivity index (χ1n) is 6.88. The third-order valence-electron chi connectivity index (χ3n) is 2.90. The van der Waals surface area contributed by atoms with Crippen LogP contribution in [0.5, 0.6) is 5.75 Å². The fourth-order valence-corrected chi connectivity index (χ4v) is 4.05. The molecule has 0 unspecified atom stereocenters. The molecule has 0 amide bonds. The van der Waals surface area contributed by atoms with Crippen molar-refractivity contribution >= 4 is 43.2 Å². The van der Waals surface area contributed by atoms with Gasteiger partial charge in [0.2, 0.25) is 0 Å². The predicted molar refractivity (Wildman–Crippen MR) is 97.0 cm³/mol. The van der Waals surface area contributed by atoms with E-state index < -0.39 is 0 Å². The van der Waals surface area contributed by atoms with E-state index in [1.807, 2.05) is 0 Å². The lowest BCUT2D eigenvalue weighted by atomic mass is 10.2. The van der Waals surface area contributed by atoms with Crippen LogP contribution in [-0.2, 0) is 13.2 Å². The number of hydrogen-bond donors (Lipinski definition) is 1. The summed E-state index contributed by atoms with van der Waals surface area (Å²) in [4.78, 5) is 0. The highest BCUT2D eigenvalue weighted by molar-refractivity contribution is 9.11. The highest BCUT2D eigenvalue weighted by Gasteiger charge is 2.09. The second-order valence-electron chi connectivity index (χ2n) is 5.33. The van der Waals surface area contributed by atoms with E-state index in [9.17, 15) is 0 Å². The second kappa shape index (κ2) is 8.32. The molecule has 0 spiro atoms. The molecule has 1 aromatic heterocycles. The van der Waals surface area contributed by atoms with E-state index in [1.165, 1.54) is 11.1 Å². The fourth-order valence-electron chi connectivity index (χ4n) is 1.89. The summed E-state index contributed by atoms with van der Waals surface area (Å²) in [5, 5.41) is 7.61. The monoisotopic (exact) mass is 431 g/mol. The van der Waals surface area contributed by atoms with Gasteiger partial charge in [-0.3, -0.25) is 0 Å². The average molecular weight is 433 g/mol. The number of halogens is 2. The zero-order valence-electron chi connectivity index (χ0n) is 12.2. The zero-order valence-corrected chi connectivity index (χ0v) is 16.1. The van der Waals surface area contributed by atoms with Crippen molar-refractivity contribution in [2.45, 2.75) is 27.0 Å². The second-order valence-corrected chi connectivity index (χ2v) is 7.82. The van der Waals surface area contributed by atoms with Crippen LogP contribution in [0.4, 0.5) is 0 Å². The van der Waals surface area contributed by atoms with Gasteiger partial charge in [0.1, 0.15) is 12.4 Å². The van der Waals surface area contributed by atoms with Crippen molar-refractivity contribution in [2.24, 2.45) is 5.92 Å². The lowest BCUT2D eigenvalue weighted by Gasteiger charge is -2.13. The molecular weight excluding hydrogens is 414 g/mol. The molecule has 0 saturated heterocycles. The van der Waals surface area contributed by atoms with Gasteiger partial charge in [-0.05, 0) is 84.4 Å². The Hall–Kier alpha value is -0.360. The third kappa shape index (κ3) is 5.40. The zero-order chi connectivity index (χ0) is 15.2. The minimum atomic E-state index is 0.589. The predicted octanol–water partition coefficient (Wildman–Crippen LogP) is 5.60. The van der Waals surface area contributed by atoms with Gasteiger partial charge in [-0.1, -0.05) is 13.8 Å². The normalized spacial score (nSPS) is 11.1. The van der Waals surface area contributed by atoms with Crippen molar-refractivity contribution < 1.29 is 4.74 Å². The molecule has 21 heavy (non-hydrogen) atoms. The average Bonchev–Trinajstić information content (AvgIpc) is 2.90. The van der Waals surface area contributed by atoms with Crippen LogP contribution in [0.1, 0.15) is 25.0 Å².